The summed E-state index contributed by atoms with van der Waals surface area (Å²) in [6.45, 7) is 40.9. The molecule has 0 spiro atoms. The number of hydrogen-bond donors (Lipinski definition) is 0. The first-order valence-electron chi connectivity index (χ1n) is 35.0. The third kappa shape index (κ3) is 20.6. The number of rotatable bonds is 10. The normalized spacial score (nSPS) is 12.7. The summed E-state index contributed by atoms with van der Waals surface area (Å²) in [7, 11) is -2.21. The Morgan fingerprint density at radius 2 is 0.263 bits per heavy atom. The summed E-state index contributed by atoms with van der Waals surface area (Å²) >= 11 is 0. The Morgan fingerprint density at radius 1 is 0.167 bits per heavy atom. The second-order valence-electron chi connectivity index (χ2n) is 29.6. The molecule has 0 fully saturated rings. The summed E-state index contributed by atoms with van der Waals surface area (Å²) in [5.74, 6) is 0. The Kier molecular flexibility index (Phi) is 27.6. The molecule has 0 aromatic heterocycles. The van der Waals surface area contributed by atoms with Crippen LogP contribution in [0, 0.1) is 125 Å². The fourth-order valence-electron chi connectivity index (χ4n) is 16.3. The maximum Gasteiger partial charge on any atom is 1.00 e. The molecular weight excluding hydrogens is 1670 g/mol. The van der Waals surface area contributed by atoms with Crippen molar-refractivity contribution in [1.82, 2.24) is 0 Å². The zero-order chi connectivity index (χ0) is 85.4. The van der Waals surface area contributed by atoms with Gasteiger partial charge in [0.25, 0.3) is 0 Å². The first-order chi connectivity index (χ1) is 51.5. The van der Waals surface area contributed by atoms with Gasteiger partial charge in [-0.05, 0) is 216 Å². The fourth-order valence-corrected chi connectivity index (χ4v) is 23.4. The van der Waals surface area contributed by atoms with Gasteiger partial charge in [0.05, 0.1) is 44.5 Å². The van der Waals surface area contributed by atoms with Crippen LogP contribution in [-0.2, 0) is 71.8 Å². The minimum absolute atomic E-state index is 0. The van der Waals surface area contributed by atoms with E-state index in [1.54, 1.807) is 31.8 Å². The summed E-state index contributed by atoms with van der Waals surface area (Å²) in [5.41, 5.74) is -4.84. The molecule has 0 aliphatic rings. The minimum atomic E-state index is -6.13. The Bertz CT molecular complexity index is 4260. The predicted molar refractivity (Wildman–Crippen MR) is 408 cm³/mol. The van der Waals surface area contributed by atoms with Crippen molar-refractivity contribution in [2.45, 2.75) is 174 Å². The van der Waals surface area contributed by atoms with Crippen LogP contribution in [0.5, 0.6) is 0 Å². The first-order valence-corrected chi connectivity index (χ1v) is 38.0. The maximum absolute atomic E-state index is 14.2. The van der Waals surface area contributed by atoms with Crippen molar-refractivity contribution in [3.05, 3.63) is 290 Å². The molecule has 0 N–H and O–H groups in total. The monoisotopic (exact) mass is 1750 g/mol. The summed E-state index contributed by atoms with van der Waals surface area (Å²) in [4.78, 5) is 0. The second-order valence-corrected chi connectivity index (χ2v) is 34.1. The van der Waals surface area contributed by atoms with E-state index in [0.717, 1.165) is 0 Å². The SMILES string of the molecule is Cc1cc(C)c([PH+](c2c(C)cc(C)cc2C)c2c(C)cc(C)cc2C)c(C)c1.Cc1cc(C)c([PH+](c2c(C)cc(C)cc2C)c2c(C)cc(C)cc2C)c(C)c1.FC(F)(F)c1cc([B-](c2cc(C(F)(F)F)cc(C(F)(F)F)c2)(c2cc(C(F)(F)F)cc(C(F)(F)F)c2)c2cc(C(F)(F)F)cc(C(F)(F)F)c2)cc(C(F)(F)F)c1.[Ag+]. The molecule has 0 saturated carbocycles. The zero-order valence-corrected chi connectivity index (χ0v) is 68.3. The van der Waals surface area contributed by atoms with Crippen LogP contribution in [0.3, 0.4) is 0 Å². The van der Waals surface area contributed by atoms with Crippen LogP contribution in [0.2, 0.25) is 0 Å². The number of benzene rings is 10. The standard InChI is InChI=1S/C32H12BF24.2C27H33P.Ag/c34-25(35,36)13-1-14(26(37,38)39)6-21(5-13)33(22-7-15(27(40,41)42)2-16(8-22)28(43,44)45,23-9-17(29(46,47)48)3-18(10-23)30(49,50)51)24-11-19(31(52,53)54)4-20(12-24)32(55,56)57;2*1-16-10-19(4)25(20(5)11-16)28(26-21(6)12-17(2)13-22(26)7)27-23(8)14-18(3)15-24(27)9;/h1-12H;2*10-15H,1-9H3;/q-1;;;+1/p+2. The Hall–Kier alpha value is -7.81. The van der Waals surface area contributed by atoms with Gasteiger partial charge < -0.3 is 0 Å². The van der Waals surface area contributed by atoms with Crippen LogP contribution in [0.25, 0.3) is 0 Å². The van der Waals surface area contributed by atoms with Crippen LogP contribution < -0.4 is 53.7 Å². The summed E-state index contributed by atoms with van der Waals surface area (Å²) in [6, 6.07) is 19.6. The molecule has 114 heavy (non-hydrogen) atoms. The van der Waals surface area contributed by atoms with Gasteiger partial charge in [-0.15, -0.1) is 0 Å². The molecule has 0 unspecified atom stereocenters. The topological polar surface area (TPSA) is 0 Å². The van der Waals surface area contributed by atoms with Gasteiger partial charge in [-0.2, -0.15) is 127 Å². The van der Waals surface area contributed by atoms with Crippen molar-refractivity contribution in [2.24, 2.45) is 0 Å². The van der Waals surface area contributed by atoms with E-state index in [4.69, 9.17) is 0 Å². The molecule has 0 heterocycles. The van der Waals surface area contributed by atoms with Crippen molar-refractivity contribution < 1.29 is 128 Å². The summed E-state index contributed by atoms with van der Waals surface area (Å²) < 4.78 is 341. The van der Waals surface area contributed by atoms with Gasteiger partial charge >= 0.3 is 71.8 Å². The summed E-state index contributed by atoms with van der Waals surface area (Å²) in [5, 5.41) is 9.42. The van der Waals surface area contributed by atoms with Crippen molar-refractivity contribution >= 4 is 75.7 Å². The third-order valence-electron chi connectivity index (χ3n) is 20.0. The molecule has 10 aromatic rings. The number of halogens is 24. The van der Waals surface area contributed by atoms with E-state index in [0.29, 0.717) is 0 Å². The quantitative estimate of drug-likeness (QED) is 0.0727. The Morgan fingerprint density at radius 3 is 0.351 bits per heavy atom. The molecule has 28 heteroatoms. The van der Waals surface area contributed by atoms with E-state index in [1.165, 1.54) is 100 Å². The van der Waals surface area contributed by atoms with Gasteiger partial charge in [-0.25, -0.2) is 0 Å². The average molecular weight is 1750 g/mol. The van der Waals surface area contributed by atoms with Crippen LogP contribution in [-0.4, -0.2) is 6.15 Å². The Balaban J connectivity index is 0.000000263. The van der Waals surface area contributed by atoms with Gasteiger partial charge in [-0.1, -0.05) is 155 Å². The van der Waals surface area contributed by atoms with Crippen molar-refractivity contribution in [3.8, 4) is 0 Å². The van der Waals surface area contributed by atoms with Crippen LogP contribution >= 0.6 is 15.8 Å². The fraction of sp³-hybridized carbons (Fsp3) is 0.302. The zero-order valence-electron chi connectivity index (χ0n) is 64.8. The average Bonchev–Trinajstić information content (AvgIpc) is 0.708. The van der Waals surface area contributed by atoms with Crippen molar-refractivity contribution in [3.63, 3.8) is 0 Å². The molecule has 0 saturated heterocycles. The van der Waals surface area contributed by atoms with E-state index >= 15 is 0 Å². The van der Waals surface area contributed by atoms with E-state index in [-0.39, 0.29) is 22.4 Å². The first kappa shape index (κ1) is 93.3. The molecule has 0 aliphatic heterocycles. The van der Waals surface area contributed by atoms with Gasteiger partial charge in [0, 0.05) is 0 Å². The van der Waals surface area contributed by atoms with Gasteiger partial charge in [0.15, 0.2) is 0 Å². The third-order valence-corrected chi connectivity index (χ3v) is 27.7. The smallest absolute Gasteiger partial charge is 0.194 e. The van der Waals surface area contributed by atoms with Gasteiger partial charge in [-0.3, -0.25) is 0 Å². The van der Waals surface area contributed by atoms with Crippen LogP contribution in [0.1, 0.15) is 145 Å². The van der Waals surface area contributed by atoms with Crippen molar-refractivity contribution in [2.75, 3.05) is 0 Å². The number of hydrogen-bond acceptors (Lipinski definition) is 0. The summed E-state index contributed by atoms with van der Waals surface area (Å²) in [6.07, 6.45) is -54.8. The molecule has 0 atom stereocenters. The number of aryl methyl sites for hydroxylation is 18. The maximum atomic E-state index is 14.2. The molecule has 614 valence electrons. The van der Waals surface area contributed by atoms with Crippen LogP contribution in [0.15, 0.2) is 146 Å². The van der Waals surface area contributed by atoms with Crippen molar-refractivity contribution in [1.29, 1.82) is 0 Å². The Labute approximate surface area is 664 Å². The predicted octanol–water partition coefficient (Wildman–Crippen LogP) is 23.1. The second kappa shape index (κ2) is 33.7. The molecule has 0 nitrogen and oxygen atoms in total. The largest absolute Gasteiger partial charge is 1.00 e. The van der Waals surface area contributed by atoms with E-state index < -0.39 is 211 Å². The van der Waals surface area contributed by atoms with Crippen LogP contribution in [0.4, 0.5) is 105 Å². The van der Waals surface area contributed by atoms with Gasteiger partial charge in [0.2, 0.25) is 0 Å². The molecular formula is C86H80AgBF24P2+2. The molecule has 0 radical (unpaired) electrons. The van der Waals surface area contributed by atoms with Gasteiger partial charge in [0.1, 0.15) is 53.8 Å². The molecule has 0 aliphatic carbocycles. The minimum Gasteiger partial charge on any atom is -0.194 e. The molecule has 10 aromatic carbocycles. The molecule has 0 amide bonds. The van der Waals surface area contributed by atoms with E-state index in [2.05, 4.69) is 197 Å². The molecule has 0 bridgehead atoms. The van der Waals surface area contributed by atoms with E-state index in [9.17, 15) is 105 Å². The molecule has 10 rings (SSSR count). The number of alkyl halides is 24. The van der Waals surface area contributed by atoms with E-state index in [1.807, 2.05) is 0 Å².